The number of hydrogen-bond donors (Lipinski definition) is 0. The molecule has 0 amide bonds. The van der Waals surface area contributed by atoms with Gasteiger partial charge in [0.25, 0.3) is 0 Å². The lowest BCUT2D eigenvalue weighted by atomic mass is 9.78. The van der Waals surface area contributed by atoms with E-state index in [-0.39, 0.29) is 36.3 Å². The molecule has 2 atom stereocenters. The summed E-state index contributed by atoms with van der Waals surface area (Å²) in [6.45, 7) is 1.58. The summed E-state index contributed by atoms with van der Waals surface area (Å²) in [7, 11) is 0. The van der Waals surface area contributed by atoms with E-state index >= 15 is 0 Å². The van der Waals surface area contributed by atoms with E-state index < -0.39 is 23.5 Å². The van der Waals surface area contributed by atoms with Gasteiger partial charge in [-0.15, -0.1) is 0 Å². The molecule has 31 heavy (non-hydrogen) atoms. The highest BCUT2D eigenvalue weighted by molar-refractivity contribution is 5.33. The molecule has 0 unspecified atom stereocenters. The second-order valence-corrected chi connectivity index (χ2v) is 8.32. The van der Waals surface area contributed by atoms with Gasteiger partial charge in [0.15, 0.2) is 0 Å². The third-order valence-electron chi connectivity index (χ3n) is 6.26. The number of rotatable bonds is 5. The van der Waals surface area contributed by atoms with Gasteiger partial charge in [-0.05, 0) is 67.6 Å². The van der Waals surface area contributed by atoms with E-state index in [0.29, 0.717) is 0 Å². The number of hydrogen-bond acceptors (Lipinski definition) is 2. The first-order chi connectivity index (χ1) is 14.6. The molecule has 0 radical (unpaired) electrons. The lowest BCUT2D eigenvalue weighted by Gasteiger charge is -2.50. The van der Waals surface area contributed by atoms with Crippen molar-refractivity contribution in [3.63, 3.8) is 0 Å². The van der Waals surface area contributed by atoms with E-state index in [1.165, 1.54) is 0 Å². The Hall–Kier alpha value is -2.06. The van der Waals surface area contributed by atoms with Gasteiger partial charge in [0, 0.05) is 6.04 Å². The molecule has 3 saturated heterocycles. The van der Waals surface area contributed by atoms with Gasteiger partial charge in [0.2, 0.25) is 0 Å². The zero-order valence-electron chi connectivity index (χ0n) is 16.7. The summed E-state index contributed by atoms with van der Waals surface area (Å²) >= 11 is 0. The van der Waals surface area contributed by atoms with Gasteiger partial charge in [-0.3, -0.25) is 4.90 Å². The molecule has 8 heteroatoms. The minimum atomic E-state index is -4.86. The van der Waals surface area contributed by atoms with Crippen LogP contribution in [0.3, 0.4) is 0 Å². The summed E-state index contributed by atoms with van der Waals surface area (Å²) in [6, 6.07) is 11.6. The Bertz CT molecular complexity index is 855. The largest absolute Gasteiger partial charge is 0.416 e. The minimum Gasteiger partial charge on any atom is -0.372 e. The average molecular weight is 443 g/mol. The number of fused-ring (bicyclic) bond motifs is 3. The van der Waals surface area contributed by atoms with Crippen LogP contribution < -0.4 is 0 Å². The molecule has 2 bridgehead atoms. The maximum absolute atomic E-state index is 13.1. The number of alkyl halides is 6. The van der Waals surface area contributed by atoms with Crippen LogP contribution in [0.4, 0.5) is 26.3 Å². The van der Waals surface area contributed by atoms with Crippen molar-refractivity contribution in [1.82, 2.24) is 4.90 Å². The summed E-state index contributed by atoms with van der Waals surface area (Å²) in [5.74, 6) is 0.256. The molecule has 2 aromatic carbocycles. The van der Waals surface area contributed by atoms with E-state index in [2.05, 4.69) is 4.90 Å². The zero-order chi connectivity index (χ0) is 22.2. The van der Waals surface area contributed by atoms with Crippen molar-refractivity contribution >= 4 is 0 Å². The van der Waals surface area contributed by atoms with Crippen LogP contribution in [0.2, 0.25) is 0 Å². The van der Waals surface area contributed by atoms with Gasteiger partial charge in [-0.25, -0.2) is 0 Å². The molecule has 0 aliphatic carbocycles. The van der Waals surface area contributed by atoms with Gasteiger partial charge in [0.05, 0.1) is 23.8 Å². The van der Waals surface area contributed by atoms with Crippen LogP contribution in [0, 0.1) is 5.92 Å². The van der Waals surface area contributed by atoms with E-state index in [1.807, 2.05) is 30.3 Å². The van der Waals surface area contributed by atoms with Gasteiger partial charge in [-0.1, -0.05) is 30.3 Å². The van der Waals surface area contributed by atoms with Gasteiger partial charge in [0.1, 0.15) is 0 Å². The summed E-state index contributed by atoms with van der Waals surface area (Å²) in [4.78, 5) is 2.32. The quantitative estimate of drug-likeness (QED) is 0.530. The summed E-state index contributed by atoms with van der Waals surface area (Å²) in [5, 5.41) is 0. The Kier molecular flexibility index (Phi) is 6.05. The molecule has 2 aromatic rings. The molecule has 0 N–H and O–H groups in total. The number of nitrogens with zero attached hydrogens (tertiary/aromatic N) is 1. The molecule has 3 heterocycles. The van der Waals surface area contributed by atoms with Crippen molar-refractivity contribution in [2.24, 2.45) is 5.92 Å². The van der Waals surface area contributed by atoms with Crippen LogP contribution in [0.5, 0.6) is 0 Å². The first-order valence-electron chi connectivity index (χ1n) is 10.3. The van der Waals surface area contributed by atoms with Crippen LogP contribution in [0.1, 0.15) is 35.1 Å². The second kappa shape index (κ2) is 8.47. The summed E-state index contributed by atoms with van der Waals surface area (Å²) in [6.07, 6.45) is -7.37. The molecule has 3 fully saturated rings. The maximum atomic E-state index is 13.1. The van der Waals surface area contributed by atoms with E-state index in [4.69, 9.17) is 4.74 Å². The fourth-order valence-electron chi connectivity index (χ4n) is 4.74. The number of ether oxygens (including phenoxy) is 1. The van der Waals surface area contributed by atoms with Crippen LogP contribution in [-0.2, 0) is 30.1 Å². The Morgan fingerprint density at radius 2 is 1.39 bits per heavy atom. The van der Waals surface area contributed by atoms with Crippen molar-refractivity contribution in [2.45, 2.75) is 50.4 Å². The monoisotopic (exact) mass is 443 g/mol. The highest BCUT2D eigenvalue weighted by Gasteiger charge is 2.43. The molecule has 2 nitrogen and oxygen atoms in total. The first-order valence-corrected chi connectivity index (χ1v) is 10.3. The predicted molar refractivity (Wildman–Crippen MR) is 103 cm³/mol. The van der Waals surface area contributed by atoms with Gasteiger partial charge in [-0.2, -0.15) is 26.3 Å². The summed E-state index contributed by atoms with van der Waals surface area (Å²) in [5.41, 5.74) is -1.60. The van der Waals surface area contributed by atoms with Crippen molar-refractivity contribution in [3.05, 3.63) is 70.8 Å². The molecule has 0 spiro atoms. The standard InChI is InChI=1S/C23H23F6NO/c24-22(25,26)18-10-16(11-19(13-18)23(27,28)29)14-31-21-17-6-8-30(9-7-17)20(21)12-15-4-2-1-3-5-15/h1-5,10-11,13,17,20-21H,6-9,12,14H2/t20-,21-/m1/s1. The average Bonchev–Trinajstić information content (AvgIpc) is 2.73. The minimum absolute atomic E-state index is 0.0581. The van der Waals surface area contributed by atoms with Gasteiger partial charge >= 0.3 is 12.4 Å². The highest BCUT2D eigenvalue weighted by atomic mass is 19.4. The fraction of sp³-hybridized carbons (Fsp3) is 0.478. The molecular formula is C23H23F6NO. The second-order valence-electron chi connectivity index (χ2n) is 8.32. The van der Waals surface area contributed by atoms with Crippen molar-refractivity contribution in [2.75, 3.05) is 13.1 Å². The molecule has 3 aliphatic heterocycles. The smallest absolute Gasteiger partial charge is 0.372 e. The van der Waals surface area contributed by atoms with Crippen LogP contribution in [0.25, 0.3) is 0 Å². The van der Waals surface area contributed by atoms with Crippen LogP contribution >= 0.6 is 0 Å². The Balaban J connectivity index is 1.55. The van der Waals surface area contributed by atoms with E-state index in [0.717, 1.165) is 50.0 Å². The number of piperidine rings is 3. The number of benzene rings is 2. The first kappa shape index (κ1) is 22.1. The number of halogens is 6. The molecule has 0 aromatic heterocycles. The Morgan fingerprint density at radius 1 is 0.806 bits per heavy atom. The van der Waals surface area contributed by atoms with Crippen molar-refractivity contribution < 1.29 is 31.1 Å². The zero-order valence-corrected chi connectivity index (χ0v) is 16.7. The lowest BCUT2D eigenvalue weighted by molar-refractivity contribution is -0.143. The van der Waals surface area contributed by atoms with Crippen molar-refractivity contribution in [1.29, 1.82) is 0 Å². The highest BCUT2D eigenvalue weighted by Crippen LogP contribution is 2.38. The molecule has 168 valence electrons. The van der Waals surface area contributed by atoms with Crippen LogP contribution in [0.15, 0.2) is 48.5 Å². The van der Waals surface area contributed by atoms with Gasteiger partial charge < -0.3 is 4.74 Å². The molecule has 0 saturated carbocycles. The molecule has 5 rings (SSSR count). The lowest BCUT2D eigenvalue weighted by Crippen LogP contribution is -2.59. The third kappa shape index (κ3) is 5.06. The normalized spacial score (nSPS) is 26.3. The van der Waals surface area contributed by atoms with E-state index in [9.17, 15) is 26.3 Å². The third-order valence-corrected chi connectivity index (χ3v) is 6.26. The summed E-state index contributed by atoms with van der Waals surface area (Å²) < 4.78 is 84.9. The molecule has 3 aliphatic rings. The Morgan fingerprint density at radius 3 is 1.94 bits per heavy atom. The predicted octanol–water partition coefficient (Wildman–Crippen LogP) is 5.95. The van der Waals surface area contributed by atoms with Crippen molar-refractivity contribution in [3.8, 4) is 0 Å². The van der Waals surface area contributed by atoms with E-state index in [1.54, 1.807) is 0 Å². The Labute approximate surface area is 176 Å². The molecular weight excluding hydrogens is 420 g/mol. The maximum Gasteiger partial charge on any atom is 0.416 e. The topological polar surface area (TPSA) is 12.5 Å². The SMILES string of the molecule is FC(F)(F)c1cc(CO[C@@H]2C3CCN(CC3)[C@@H]2Cc2ccccc2)cc(C(F)(F)F)c1. The van der Waals surface area contributed by atoms with Crippen LogP contribution in [-0.4, -0.2) is 30.1 Å². The fourth-order valence-corrected chi connectivity index (χ4v) is 4.74.